The molecule has 0 spiro atoms. The van der Waals surface area contributed by atoms with Crippen LogP contribution in [0.2, 0.25) is 0 Å². The van der Waals surface area contributed by atoms with Crippen molar-refractivity contribution in [2.75, 3.05) is 18.5 Å². The van der Waals surface area contributed by atoms with E-state index in [2.05, 4.69) is 22.1 Å². The van der Waals surface area contributed by atoms with Crippen LogP contribution in [0.4, 0.5) is 22.7 Å². The fourth-order valence-corrected chi connectivity index (χ4v) is 1.88. The lowest BCUT2D eigenvalue weighted by Gasteiger charge is -2.16. The molecule has 0 fully saturated rings. The minimum absolute atomic E-state index is 0.116. The average Bonchev–Trinajstić information content (AvgIpc) is 2.59. The predicted molar refractivity (Wildman–Crippen MR) is 87.4 cm³/mol. The first-order valence-corrected chi connectivity index (χ1v) is 6.96. The molecule has 23 heavy (non-hydrogen) atoms. The zero-order chi connectivity index (χ0) is 16.8. The minimum Gasteiger partial charge on any atom is -0.375 e. The monoisotopic (exact) mass is 309 g/mol. The third-order valence-electron chi connectivity index (χ3n) is 3.35. The van der Waals surface area contributed by atoms with Gasteiger partial charge in [0.25, 0.3) is 5.69 Å². The SMILES string of the molecule is CCN(C)c1ccc(N=Nc2ccc([N+](=O)[O-])cc2C#N)cc1. The summed E-state index contributed by atoms with van der Waals surface area (Å²) >= 11 is 0. The van der Waals surface area contributed by atoms with Crippen LogP contribution >= 0.6 is 0 Å². The van der Waals surface area contributed by atoms with Crippen LogP contribution in [-0.4, -0.2) is 18.5 Å². The second-order valence-electron chi connectivity index (χ2n) is 4.80. The molecule has 0 saturated carbocycles. The van der Waals surface area contributed by atoms with Crippen molar-refractivity contribution in [3.05, 3.63) is 58.1 Å². The van der Waals surface area contributed by atoms with Gasteiger partial charge >= 0.3 is 0 Å². The van der Waals surface area contributed by atoms with Crippen LogP contribution in [0, 0.1) is 21.4 Å². The number of hydrogen-bond acceptors (Lipinski definition) is 6. The van der Waals surface area contributed by atoms with Crippen LogP contribution in [-0.2, 0) is 0 Å². The molecule has 2 rings (SSSR count). The Bertz CT molecular complexity index is 778. The summed E-state index contributed by atoms with van der Waals surface area (Å²) in [5, 5.41) is 27.9. The Morgan fingerprint density at radius 2 is 1.91 bits per heavy atom. The molecule has 0 saturated heterocycles. The van der Waals surface area contributed by atoms with Gasteiger partial charge in [0.2, 0.25) is 0 Å². The van der Waals surface area contributed by atoms with Gasteiger partial charge in [-0.2, -0.15) is 10.4 Å². The maximum absolute atomic E-state index is 10.7. The summed E-state index contributed by atoms with van der Waals surface area (Å²) in [5.74, 6) is 0. The molecular weight excluding hydrogens is 294 g/mol. The molecule has 2 aromatic carbocycles. The summed E-state index contributed by atoms with van der Waals surface area (Å²) in [6.45, 7) is 2.96. The Morgan fingerprint density at radius 3 is 2.48 bits per heavy atom. The Hall–Kier alpha value is -3.27. The van der Waals surface area contributed by atoms with Crippen LogP contribution in [0.1, 0.15) is 12.5 Å². The number of azo groups is 1. The molecule has 116 valence electrons. The van der Waals surface area contributed by atoms with Crippen LogP contribution < -0.4 is 4.90 Å². The molecule has 0 heterocycles. The second-order valence-corrected chi connectivity index (χ2v) is 4.80. The van der Waals surface area contributed by atoms with E-state index in [4.69, 9.17) is 5.26 Å². The van der Waals surface area contributed by atoms with Gasteiger partial charge in [-0.3, -0.25) is 10.1 Å². The number of non-ortho nitro benzene ring substituents is 1. The number of benzene rings is 2. The zero-order valence-electron chi connectivity index (χ0n) is 12.8. The van der Waals surface area contributed by atoms with E-state index in [1.165, 1.54) is 18.2 Å². The second kappa shape index (κ2) is 7.13. The number of anilines is 1. The van der Waals surface area contributed by atoms with E-state index >= 15 is 0 Å². The lowest BCUT2D eigenvalue weighted by Crippen LogP contribution is -2.15. The van der Waals surface area contributed by atoms with E-state index in [1.54, 1.807) is 0 Å². The smallest absolute Gasteiger partial charge is 0.270 e. The van der Waals surface area contributed by atoms with Crippen molar-refractivity contribution in [2.45, 2.75) is 6.92 Å². The van der Waals surface area contributed by atoms with Crippen molar-refractivity contribution in [1.82, 2.24) is 0 Å². The van der Waals surface area contributed by atoms with Crippen molar-refractivity contribution in [3.8, 4) is 6.07 Å². The highest BCUT2D eigenvalue weighted by molar-refractivity contribution is 5.58. The molecular formula is C16H15N5O2. The molecule has 0 radical (unpaired) electrons. The summed E-state index contributed by atoms with van der Waals surface area (Å²) in [6, 6.07) is 13.3. The van der Waals surface area contributed by atoms with Gasteiger partial charge in [-0.15, -0.1) is 5.11 Å². The van der Waals surface area contributed by atoms with Gasteiger partial charge < -0.3 is 4.90 Å². The van der Waals surface area contributed by atoms with Crippen molar-refractivity contribution in [2.24, 2.45) is 10.2 Å². The van der Waals surface area contributed by atoms with E-state index in [-0.39, 0.29) is 11.3 Å². The van der Waals surface area contributed by atoms with Crippen molar-refractivity contribution < 1.29 is 4.92 Å². The molecule has 2 aromatic rings. The Balaban J connectivity index is 2.23. The highest BCUT2D eigenvalue weighted by Crippen LogP contribution is 2.26. The number of hydrogen-bond donors (Lipinski definition) is 0. The fourth-order valence-electron chi connectivity index (χ4n) is 1.88. The van der Waals surface area contributed by atoms with Gasteiger partial charge in [0.1, 0.15) is 11.8 Å². The van der Waals surface area contributed by atoms with E-state index in [0.717, 1.165) is 12.2 Å². The van der Waals surface area contributed by atoms with Gasteiger partial charge in [-0.1, -0.05) is 0 Å². The predicted octanol–water partition coefficient (Wildman–Crippen LogP) is 4.34. The molecule has 0 bridgehead atoms. The van der Waals surface area contributed by atoms with Crippen LogP contribution in [0.25, 0.3) is 0 Å². The molecule has 7 heteroatoms. The first-order chi connectivity index (χ1) is 11.0. The Morgan fingerprint density at radius 1 is 1.22 bits per heavy atom. The fraction of sp³-hybridized carbons (Fsp3) is 0.188. The number of nitrogens with zero attached hydrogens (tertiary/aromatic N) is 5. The summed E-state index contributed by atoms with van der Waals surface area (Å²) in [7, 11) is 1.99. The molecule has 0 aromatic heterocycles. The third-order valence-corrected chi connectivity index (χ3v) is 3.35. The van der Waals surface area contributed by atoms with E-state index in [1.807, 2.05) is 37.4 Å². The molecule has 0 aliphatic heterocycles. The van der Waals surface area contributed by atoms with Gasteiger partial charge in [0.05, 0.1) is 16.2 Å². The van der Waals surface area contributed by atoms with Crippen molar-refractivity contribution >= 4 is 22.7 Å². The molecule has 0 atom stereocenters. The molecule has 7 nitrogen and oxygen atoms in total. The number of rotatable bonds is 5. The molecule has 0 N–H and O–H groups in total. The van der Waals surface area contributed by atoms with Gasteiger partial charge in [0.15, 0.2) is 0 Å². The van der Waals surface area contributed by atoms with Gasteiger partial charge in [0, 0.05) is 31.4 Å². The zero-order valence-corrected chi connectivity index (χ0v) is 12.8. The van der Waals surface area contributed by atoms with Gasteiger partial charge in [-0.05, 0) is 37.3 Å². The molecule has 0 unspecified atom stereocenters. The van der Waals surface area contributed by atoms with E-state index < -0.39 is 4.92 Å². The lowest BCUT2D eigenvalue weighted by molar-refractivity contribution is -0.384. The minimum atomic E-state index is -0.551. The van der Waals surface area contributed by atoms with Gasteiger partial charge in [-0.25, -0.2) is 0 Å². The van der Waals surface area contributed by atoms with Crippen LogP contribution in [0.5, 0.6) is 0 Å². The first-order valence-electron chi connectivity index (χ1n) is 6.96. The van der Waals surface area contributed by atoms with Crippen LogP contribution in [0.3, 0.4) is 0 Å². The topological polar surface area (TPSA) is 94.9 Å². The quantitative estimate of drug-likeness (QED) is 0.466. The normalized spacial score (nSPS) is 10.5. The Labute approximate surface area is 133 Å². The summed E-state index contributed by atoms with van der Waals surface area (Å²) in [6.07, 6.45) is 0. The third kappa shape index (κ3) is 3.89. The van der Waals surface area contributed by atoms with E-state index in [0.29, 0.717) is 11.4 Å². The lowest BCUT2D eigenvalue weighted by atomic mass is 10.2. The first kappa shape index (κ1) is 16.1. The largest absolute Gasteiger partial charge is 0.375 e. The molecule has 0 aliphatic carbocycles. The summed E-state index contributed by atoms with van der Waals surface area (Å²) < 4.78 is 0. The number of nitro groups is 1. The molecule has 0 aliphatic rings. The highest BCUT2D eigenvalue weighted by Gasteiger charge is 2.10. The van der Waals surface area contributed by atoms with Crippen molar-refractivity contribution in [1.29, 1.82) is 5.26 Å². The maximum Gasteiger partial charge on any atom is 0.270 e. The molecule has 0 amide bonds. The Kier molecular flexibility index (Phi) is 5.00. The standard InChI is InChI=1S/C16H15N5O2/c1-3-20(2)14-6-4-13(5-7-14)18-19-16-9-8-15(21(22)23)10-12(16)11-17/h4-10H,3H2,1-2H3. The maximum atomic E-state index is 10.7. The summed E-state index contributed by atoms with van der Waals surface area (Å²) in [5.41, 5.74) is 1.98. The average molecular weight is 309 g/mol. The summed E-state index contributed by atoms with van der Waals surface area (Å²) in [4.78, 5) is 12.2. The highest BCUT2D eigenvalue weighted by atomic mass is 16.6. The number of nitriles is 1. The number of nitro benzene ring substituents is 1. The van der Waals surface area contributed by atoms with Crippen LogP contribution in [0.15, 0.2) is 52.7 Å². The van der Waals surface area contributed by atoms with Crippen molar-refractivity contribution in [3.63, 3.8) is 0 Å². The van der Waals surface area contributed by atoms with E-state index in [9.17, 15) is 10.1 Å².